The molecule has 0 unspecified atom stereocenters. The van der Waals surface area contributed by atoms with E-state index in [0.717, 1.165) is 21.3 Å². The first-order chi connectivity index (χ1) is 11.5. The highest BCUT2D eigenvalue weighted by Crippen LogP contribution is 2.34. The summed E-state index contributed by atoms with van der Waals surface area (Å²) in [7, 11) is 0. The molecule has 7 heteroatoms. The van der Waals surface area contributed by atoms with Crippen LogP contribution in [0.1, 0.15) is 36.4 Å². The van der Waals surface area contributed by atoms with Gasteiger partial charge in [-0.1, -0.05) is 28.1 Å². The minimum absolute atomic E-state index is 0.0528. The number of aliphatic carboxylic acids is 1. The number of hydrazone groups is 1. The predicted molar refractivity (Wildman–Crippen MR) is 96.1 cm³/mol. The molecule has 24 heavy (non-hydrogen) atoms. The van der Waals surface area contributed by atoms with Gasteiger partial charge in [-0.3, -0.25) is 9.59 Å². The summed E-state index contributed by atoms with van der Waals surface area (Å²) in [5, 5.41) is 18.7. The zero-order valence-corrected chi connectivity index (χ0v) is 15.1. The molecule has 0 spiro atoms. The van der Waals surface area contributed by atoms with Crippen LogP contribution < -0.4 is 0 Å². The highest BCUT2D eigenvalue weighted by Gasteiger charge is 2.33. The van der Waals surface area contributed by atoms with Gasteiger partial charge in [0.2, 0.25) is 5.91 Å². The molecule has 2 aromatic rings. The molecule has 0 saturated heterocycles. The lowest BCUT2D eigenvalue weighted by atomic mass is 9.99. The third kappa shape index (κ3) is 3.73. The van der Waals surface area contributed by atoms with Crippen molar-refractivity contribution < 1.29 is 14.7 Å². The predicted octanol–water partition coefficient (Wildman–Crippen LogP) is 4.05. The van der Waals surface area contributed by atoms with Crippen LogP contribution in [0, 0.1) is 0 Å². The maximum Gasteiger partial charge on any atom is 0.303 e. The molecule has 1 atom stereocenters. The number of thiophene rings is 1. The molecule has 1 amide bonds. The molecule has 0 aliphatic carbocycles. The lowest BCUT2D eigenvalue weighted by Crippen LogP contribution is -2.27. The summed E-state index contributed by atoms with van der Waals surface area (Å²) in [6.07, 6.45) is 0.381. The number of benzene rings is 1. The van der Waals surface area contributed by atoms with E-state index < -0.39 is 5.97 Å². The van der Waals surface area contributed by atoms with Gasteiger partial charge in [-0.25, -0.2) is 5.01 Å². The number of carbonyl (C=O) groups excluding carboxylic acids is 1. The van der Waals surface area contributed by atoms with E-state index in [9.17, 15) is 9.59 Å². The summed E-state index contributed by atoms with van der Waals surface area (Å²) < 4.78 is 0.965. The van der Waals surface area contributed by atoms with Crippen LogP contribution in [0.2, 0.25) is 0 Å². The van der Waals surface area contributed by atoms with Crippen LogP contribution in [0.3, 0.4) is 0 Å². The van der Waals surface area contributed by atoms with Crippen LogP contribution >= 0.6 is 27.3 Å². The molecule has 1 aromatic heterocycles. The second-order valence-electron chi connectivity index (χ2n) is 5.46. The van der Waals surface area contributed by atoms with Gasteiger partial charge < -0.3 is 5.11 Å². The minimum atomic E-state index is -0.982. The molecule has 0 bridgehead atoms. The Morgan fingerprint density at radius 1 is 1.25 bits per heavy atom. The molecular weight excluding hydrogens is 392 g/mol. The minimum Gasteiger partial charge on any atom is -0.481 e. The van der Waals surface area contributed by atoms with Crippen LogP contribution in [0.15, 0.2) is 50.7 Å². The Balaban J connectivity index is 1.87. The number of carbonyl (C=O) groups is 2. The number of nitrogens with zero attached hydrogens (tertiary/aromatic N) is 2. The van der Waals surface area contributed by atoms with Crippen molar-refractivity contribution in [3.8, 4) is 0 Å². The number of hydrogen-bond acceptors (Lipinski definition) is 4. The summed E-state index contributed by atoms with van der Waals surface area (Å²) in [5.41, 5.74) is 2.85. The quantitative estimate of drug-likeness (QED) is 0.813. The molecule has 1 aliphatic rings. The number of carboxylic acid groups (broad SMARTS) is 1. The zero-order chi connectivity index (χ0) is 17.1. The topological polar surface area (TPSA) is 70.0 Å². The molecule has 0 radical (unpaired) electrons. The Morgan fingerprint density at radius 2 is 2.00 bits per heavy atom. The van der Waals surface area contributed by atoms with Crippen molar-refractivity contribution in [3.05, 3.63) is 56.7 Å². The van der Waals surface area contributed by atoms with Crippen molar-refractivity contribution in [1.82, 2.24) is 5.01 Å². The maximum atomic E-state index is 12.5. The van der Waals surface area contributed by atoms with Gasteiger partial charge in [0.25, 0.3) is 0 Å². The van der Waals surface area contributed by atoms with E-state index in [1.807, 2.05) is 41.1 Å². The normalized spacial score (nSPS) is 17.0. The van der Waals surface area contributed by atoms with Crippen LogP contribution in [-0.4, -0.2) is 27.7 Å². The highest BCUT2D eigenvalue weighted by atomic mass is 79.9. The first kappa shape index (κ1) is 16.9. The van der Waals surface area contributed by atoms with Crippen molar-refractivity contribution in [3.63, 3.8) is 0 Å². The van der Waals surface area contributed by atoms with Gasteiger partial charge in [0, 0.05) is 22.9 Å². The SMILES string of the molecule is O=C(O)CCC(=O)N1N=C(c2ccsc2)C[C@H]1c1ccc(Br)cc1. The smallest absolute Gasteiger partial charge is 0.303 e. The Labute approximate surface area is 151 Å². The first-order valence-corrected chi connectivity index (χ1v) is 9.17. The summed E-state index contributed by atoms with van der Waals surface area (Å²) in [5.74, 6) is -1.25. The lowest BCUT2D eigenvalue weighted by molar-refractivity contribution is -0.141. The van der Waals surface area contributed by atoms with Crippen molar-refractivity contribution in [2.24, 2.45) is 5.10 Å². The molecule has 1 N–H and O–H groups in total. The number of amides is 1. The summed E-state index contributed by atoms with van der Waals surface area (Å²) in [6, 6.07) is 9.55. The number of hydrogen-bond donors (Lipinski definition) is 1. The van der Waals surface area contributed by atoms with E-state index in [4.69, 9.17) is 5.11 Å². The van der Waals surface area contributed by atoms with Gasteiger partial charge in [0.05, 0.1) is 18.2 Å². The van der Waals surface area contributed by atoms with Gasteiger partial charge in [0.1, 0.15) is 0 Å². The third-order valence-electron chi connectivity index (χ3n) is 3.83. The van der Waals surface area contributed by atoms with Crippen molar-refractivity contribution >= 4 is 44.9 Å². The Morgan fingerprint density at radius 3 is 2.62 bits per heavy atom. The standard InChI is InChI=1S/C17H15BrN2O3S/c18-13-3-1-11(2-4-13)15-9-14(12-7-8-24-10-12)19-20(15)16(21)5-6-17(22)23/h1-4,7-8,10,15H,5-6,9H2,(H,22,23)/t15-/m0/s1. The molecule has 5 nitrogen and oxygen atoms in total. The van der Waals surface area contributed by atoms with E-state index in [1.54, 1.807) is 11.3 Å². The van der Waals surface area contributed by atoms with Gasteiger partial charge in [0.15, 0.2) is 0 Å². The van der Waals surface area contributed by atoms with Gasteiger partial charge in [-0.15, -0.1) is 0 Å². The maximum absolute atomic E-state index is 12.5. The molecule has 3 rings (SSSR count). The van der Waals surface area contributed by atoms with Crippen LogP contribution in [0.4, 0.5) is 0 Å². The van der Waals surface area contributed by atoms with Gasteiger partial charge in [-0.05, 0) is 34.5 Å². The number of carboxylic acids is 1. The Kier molecular flexibility index (Phi) is 5.11. The molecule has 0 saturated carbocycles. The molecule has 1 aliphatic heterocycles. The molecule has 0 fully saturated rings. The number of halogens is 1. The molecule has 124 valence electrons. The average Bonchev–Trinajstić information content (AvgIpc) is 3.22. The van der Waals surface area contributed by atoms with E-state index in [0.29, 0.717) is 6.42 Å². The second kappa shape index (κ2) is 7.27. The van der Waals surface area contributed by atoms with Crippen LogP contribution in [0.25, 0.3) is 0 Å². The first-order valence-electron chi connectivity index (χ1n) is 7.44. The van der Waals surface area contributed by atoms with Crippen molar-refractivity contribution in [1.29, 1.82) is 0 Å². The fourth-order valence-electron chi connectivity index (χ4n) is 2.62. The fraction of sp³-hybridized carbons (Fsp3) is 0.235. The summed E-state index contributed by atoms with van der Waals surface area (Å²) in [6.45, 7) is 0. The van der Waals surface area contributed by atoms with E-state index in [2.05, 4.69) is 21.0 Å². The van der Waals surface area contributed by atoms with Crippen molar-refractivity contribution in [2.75, 3.05) is 0 Å². The van der Waals surface area contributed by atoms with Gasteiger partial charge in [-0.2, -0.15) is 16.4 Å². The second-order valence-corrected chi connectivity index (χ2v) is 7.16. The third-order valence-corrected chi connectivity index (χ3v) is 5.04. The van der Waals surface area contributed by atoms with E-state index in [-0.39, 0.29) is 24.8 Å². The van der Waals surface area contributed by atoms with Crippen LogP contribution in [0.5, 0.6) is 0 Å². The number of rotatable bonds is 5. The zero-order valence-electron chi connectivity index (χ0n) is 12.7. The fourth-order valence-corrected chi connectivity index (χ4v) is 3.55. The Bertz CT molecular complexity index is 772. The van der Waals surface area contributed by atoms with E-state index in [1.165, 1.54) is 5.01 Å². The monoisotopic (exact) mass is 406 g/mol. The molecule has 2 heterocycles. The summed E-state index contributed by atoms with van der Waals surface area (Å²) in [4.78, 5) is 23.2. The summed E-state index contributed by atoms with van der Waals surface area (Å²) >= 11 is 4.99. The molecular formula is C17H15BrN2O3S. The van der Waals surface area contributed by atoms with Crippen molar-refractivity contribution in [2.45, 2.75) is 25.3 Å². The largest absolute Gasteiger partial charge is 0.481 e. The van der Waals surface area contributed by atoms with Crippen LogP contribution in [-0.2, 0) is 9.59 Å². The van der Waals surface area contributed by atoms with E-state index >= 15 is 0 Å². The molecule has 1 aromatic carbocycles. The Hall–Kier alpha value is -1.99. The highest BCUT2D eigenvalue weighted by molar-refractivity contribution is 9.10. The lowest BCUT2D eigenvalue weighted by Gasteiger charge is -2.22. The van der Waals surface area contributed by atoms with Gasteiger partial charge >= 0.3 is 5.97 Å². The average molecular weight is 407 g/mol.